The van der Waals surface area contributed by atoms with E-state index in [9.17, 15) is 4.79 Å². The molecule has 1 unspecified atom stereocenters. The molecule has 1 atom stereocenters. The molecule has 2 rings (SSSR count). The Balaban J connectivity index is 2.35. The van der Waals surface area contributed by atoms with E-state index in [0.29, 0.717) is 18.7 Å². The Kier molecular flexibility index (Phi) is 3.16. The highest BCUT2D eigenvalue weighted by Crippen LogP contribution is 2.31. The van der Waals surface area contributed by atoms with Crippen molar-refractivity contribution < 1.29 is 9.90 Å². The number of carboxylic acid groups (broad SMARTS) is 1. The summed E-state index contributed by atoms with van der Waals surface area (Å²) < 4.78 is 0. The van der Waals surface area contributed by atoms with E-state index in [0.717, 1.165) is 6.42 Å². The monoisotopic (exact) mass is 261 g/mol. The summed E-state index contributed by atoms with van der Waals surface area (Å²) >= 11 is 11.6. The van der Waals surface area contributed by atoms with Crippen molar-refractivity contribution in [3.63, 3.8) is 0 Å². The summed E-state index contributed by atoms with van der Waals surface area (Å²) in [5, 5.41) is 16.7. The molecule has 1 aliphatic heterocycles. The van der Waals surface area contributed by atoms with Crippen LogP contribution in [0.1, 0.15) is 12.8 Å². The maximum Gasteiger partial charge on any atom is 0.326 e. The molecule has 1 aromatic rings. The smallest absolute Gasteiger partial charge is 0.326 e. The zero-order chi connectivity index (χ0) is 11.7. The highest BCUT2D eigenvalue weighted by atomic mass is 35.5. The molecule has 5 nitrogen and oxygen atoms in total. The molecule has 1 fully saturated rings. The highest BCUT2D eigenvalue weighted by Gasteiger charge is 2.32. The Morgan fingerprint density at radius 3 is 2.94 bits per heavy atom. The van der Waals surface area contributed by atoms with Crippen LogP contribution in [0.2, 0.25) is 10.3 Å². The first-order valence-electron chi connectivity index (χ1n) is 4.78. The zero-order valence-corrected chi connectivity index (χ0v) is 9.74. The van der Waals surface area contributed by atoms with Gasteiger partial charge in [0.15, 0.2) is 10.3 Å². The predicted molar refractivity (Wildman–Crippen MR) is 60.1 cm³/mol. The lowest BCUT2D eigenvalue weighted by molar-refractivity contribution is -0.138. The van der Waals surface area contributed by atoms with Gasteiger partial charge in [0.25, 0.3) is 0 Å². The van der Waals surface area contributed by atoms with E-state index in [-0.39, 0.29) is 10.3 Å². The number of carboxylic acids is 1. The third kappa shape index (κ3) is 2.05. The van der Waals surface area contributed by atoms with Crippen LogP contribution in [0.25, 0.3) is 0 Å². The average molecular weight is 262 g/mol. The number of carbonyl (C=O) groups is 1. The average Bonchev–Trinajstić information content (AvgIpc) is 2.70. The van der Waals surface area contributed by atoms with Crippen LogP contribution < -0.4 is 4.90 Å². The zero-order valence-electron chi connectivity index (χ0n) is 8.23. The molecule has 1 aromatic heterocycles. The maximum absolute atomic E-state index is 11.0. The summed E-state index contributed by atoms with van der Waals surface area (Å²) in [6.45, 7) is 0.638. The van der Waals surface area contributed by atoms with E-state index >= 15 is 0 Å². The molecule has 86 valence electrons. The van der Waals surface area contributed by atoms with Crippen LogP contribution in [0.3, 0.4) is 0 Å². The van der Waals surface area contributed by atoms with Crippen LogP contribution in [0.5, 0.6) is 0 Å². The summed E-state index contributed by atoms with van der Waals surface area (Å²) in [5.74, 6) is -0.860. The fraction of sp³-hybridized carbons (Fsp3) is 0.444. The normalized spacial score (nSPS) is 20.1. The van der Waals surface area contributed by atoms with Gasteiger partial charge in [-0.3, -0.25) is 0 Å². The van der Waals surface area contributed by atoms with Crippen molar-refractivity contribution >= 4 is 34.9 Å². The van der Waals surface area contributed by atoms with E-state index in [4.69, 9.17) is 28.3 Å². The van der Waals surface area contributed by atoms with E-state index in [1.165, 1.54) is 6.07 Å². The number of aromatic nitrogens is 2. The molecule has 1 aliphatic rings. The van der Waals surface area contributed by atoms with Gasteiger partial charge in [-0.15, -0.1) is 10.2 Å². The second-order valence-corrected chi connectivity index (χ2v) is 4.28. The molecule has 0 aromatic carbocycles. The Morgan fingerprint density at radius 1 is 1.50 bits per heavy atom. The third-order valence-electron chi connectivity index (χ3n) is 2.55. The molecule has 0 saturated carbocycles. The van der Waals surface area contributed by atoms with E-state index < -0.39 is 12.0 Å². The van der Waals surface area contributed by atoms with Gasteiger partial charge in [0.1, 0.15) is 6.04 Å². The quantitative estimate of drug-likeness (QED) is 0.880. The molecule has 7 heteroatoms. The lowest BCUT2D eigenvalue weighted by atomic mass is 10.2. The molecular weight excluding hydrogens is 253 g/mol. The standard InChI is InChI=1S/C9H9Cl2N3O2/c10-7-4-6(8(11)13-12-7)14-3-1-2-5(14)9(15)16/h4-5H,1-3H2,(H,15,16). The van der Waals surface area contributed by atoms with Gasteiger partial charge in [-0.05, 0) is 12.8 Å². The van der Waals surface area contributed by atoms with Gasteiger partial charge in [-0.2, -0.15) is 0 Å². The number of halogens is 2. The number of rotatable bonds is 2. The number of hydrogen-bond donors (Lipinski definition) is 1. The lowest BCUT2D eigenvalue weighted by Crippen LogP contribution is -2.36. The van der Waals surface area contributed by atoms with Crippen LogP contribution in [0.15, 0.2) is 6.07 Å². The molecule has 16 heavy (non-hydrogen) atoms. The molecule has 0 radical (unpaired) electrons. The number of anilines is 1. The summed E-state index contributed by atoms with van der Waals surface area (Å²) in [7, 11) is 0. The first-order chi connectivity index (χ1) is 7.59. The number of nitrogens with zero attached hydrogens (tertiary/aromatic N) is 3. The first kappa shape index (κ1) is 11.4. The molecule has 0 spiro atoms. The third-order valence-corrected chi connectivity index (χ3v) is 3.00. The fourth-order valence-electron chi connectivity index (χ4n) is 1.86. The molecule has 2 heterocycles. The van der Waals surface area contributed by atoms with E-state index in [2.05, 4.69) is 10.2 Å². The van der Waals surface area contributed by atoms with Gasteiger partial charge in [0, 0.05) is 12.6 Å². The molecule has 1 N–H and O–H groups in total. The van der Waals surface area contributed by atoms with Crippen molar-refractivity contribution in [2.75, 3.05) is 11.4 Å². The van der Waals surface area contributed by atoms with Gasteiger partial charge in [0.2, 0.25) is 0 Å². The minimum Gasteiger partial charge on any atom is -0.480 e. The van der Waals surface area contributed by atoms with E-state index in [1.807, 2.05) is 0 Å². The molecule has 0 aliphatic carbocycles. The van der Waals surface area contributed by atoms with Crippen molar-refractivity contribution in [2.45, 2.75) is 18.9 Å². The Morgan fingerprint density at radius 2 is 2.25 bits per heavy atom. The Bertz CT molecular complexity index is 427. The van der Waals surface area contributed by atoms with Gasteiger partial charge in [-0.25, -0.2) is 4.79 Å². The largest absolute Gasteiger partial charge is 0.480 e. The van der Waals surface area contributed by atoms with Crippen molar-refractivity contribution in [1.29, 1.82) is 0 Å². The minimum atomic E-state index is -0.860. The molecule has 1 saturated heterocycles. The van der Waals surface area contributed by atoms with Gasteiger partial charge >= 0.3 is 5.97 Å². The van der Waals surface area contributed by atoms with Crippen LogP contribution in [0, 0.1) is 0 Å². The second-order valence-electron chi connectivity index (χ2n) is 3.53. The van der Waals surface area contributed by atoms with Crippen molar-refractivity contribution in [3.05, 3.63) is 16.4 Å². The van der Waals surface area contributed by atoms with Gasteiger partial charge in [-0.1, -0.05) is 23.2 Å². The van der Waals surface area contributed by atoms with Crippen molar-refractivity contribution in [2.24, 2.45) is 0 Å². The highest BCUT2D eigenvalue weighted by molar-refractivity contribution is 6.33. The van der Waals surface area contributed by atoms with Crippen LogP contribution in [-0.2, 0) is 4.79 Å². The Hall–Kier alpha value is -1.07. The van der Waals surface area contributed by atoms with Crippen LogP contribution in [-0.4, -0.2) is 33.9 Å². The number of hydrogen-bond acceptors (Lipinski definition) is 4. The SMILES string of the molecule is O=C(O)C1CCCN1c1cc(Cl)nnc1Cl. The van der Waals surface area contributed by atoms with Gasteiger partial charge in [0.05, 0.1) is 5.69 Å². The predicted octanol–water partition coefficient (Wildman–Crippen LogP) is 1.84. The topological polar surface area (TPSA) is 66.3 Å². The Labute approximate surface area is 102 Å². The van der Waals surface area contributed by atoms with Gasteiger partial charge < -0.3 is 10.0 Å². The minimum absolute atomic E-state index is 0.178. The maximum atomic E-state index is 11.0. The summed E-state index contributed by atoms with van der Waals surface area (Å²) in [6, 6.07) is 0.982. The second kappa shape index (κ2) is 4.43. The van der Waals surface area contributed by atoms with E-state index in [1.54, 1.807) is 4.90 Å². The summed E-state index contributed by atoms with van der Waals surface area (Å²) in [5.41, 5.74) is 0.534. The fourth-order valence-corrected chi connectivity index (χ4v) is 2.20. The molecular formula is C9H9Cl2N3O2. The summed E-state index contributed by atoms with van der Waals surface area (Å²) in [6.07, 6.45) is 1.42. The van der Waals surface area contributed by atoms with Crippen LogP contribution >= 0.6 is 23.2 Å². The van der Waals surface area contributed by atoms with Crippen molar-refractivity contribution in [3.8, 4) is 0 Å². The van der Waals surface area contributed by atoms with Crippen molar-refractivity contribution in [1.82, 2.24) is 10.2 Å². The van der Waals surface area contributed by atoms with Crippen LogP contribution in [0.4, 0.5) is 5.69 Å². The number of aliphatic carboxylic acids is 1. The first-order valence-corrected chi connectivity index (χ1v) is 5.53. The molecule has 0 amide bonds. The molecule has 0 bridgehead atoms. The lowest BCUT2D eigenvalue weighted by Gasteiger charge is -2.23. The summed E-state index contributed by atoms with van der Waals surface area (Å²) in [4.78, 5) is 12.7.